The van der Waals surface area contributed by atoms with Gasteiger partial charge in [0.15, 0.2) is 0 Å². The Morgan fingerprint density at radius 1 is 1.38 bits per heavy atom. The van der Waals surface area contributed by atoms with Crippen LogP contribution < -0.4 is 10.6 Å². The normalized spacial score (nSPS) is 21.5. The molecule has 0 aliphatic carbocycles. The van der Waals surface area contributed by atoms with Crippen molar-refractivity contribution in [2.24, 2.45) is 5.92 Å². The Kier molecular flexibility index (Phi) is 5.64. The van der Waals surface area contributed by atoms with Crippen molar-refractivity contribution >= 4 is 5.91 Å². The fourth-order valence-electron chi connectivity index (χ4n) is 2.32. The van der Waals surface area contributed by atoms with Gasteiger partial charge in [-0.3, -0.25) is 4.79 Å². The lowest BCUT2D eigenvalue weighted by Gasteiger charge is -2.18. The van der Waals surface area contributed by atoms with E-state index in [9.17, 15) is 13.6 Å². The predicted molar refractivity (Wildman–Crippen MR) is 74.6 cm³/mol. The number of benzene rings is 1. The molecule has 1 saturated heterocycles. The molecule has 1 fully saturated rings. The van der Waals surface area contributed by atoms with Crippen LogP contribution in [0.4, 0.5) is 8.78 Å². The van der Waals surface area contributed by atoms with Crippen molar-refractivity contribution in [3.63, 3.8) is 0 Å². The molecule has 1 aliphatic rings. The maximum atomic E-state index is 13.5. The number of amides is 1. The van der Waals surface area contributed by atoms with E-state index in [1.165, 1.54) is 12.1 Å². The minimum Gasteiger partial charge on any atom is -0.379 e. The monoisotopic (exact) mass is 298 g/mol. The van der Waals surface area contributed by atoms with Gasteiger partial charge in [-0.2, -0.15) is 0 Å². The van der Waals surface area contributed by atoms with Gasteiger partial charge in [0, 0.05) is 24.2 Å². The standard InChI is InChI=1S/C15H20F2N2O2/c1-2-5-18-14-9-21-8-12(14)15(20)19-7-10-3-4-11(16)6-13(10)17/h3-4,6,12,14,18H,2,5,7-9H2,1H3,(H,19,20). The summed E-state index contributed by atoms with van der Waals surface area (Å²) >= 11 is 0. The molecule has 2 N–H and O–H groups in total. The van der Waals surface area contributed by atoms with Crippen LogP contribution in [0.3, 0.4) is 0 Å². The highest BCUT2D eigenvalue weighted by Crippen LogP contribution is 2.15. The highest BCUT2D eigenvalue weighted by atomic mass is 19.1. The van der Waals surface area contributed by atoms with Gasteiger partial charge in [0.25, 0.3) is 0 Å². The zero-order valence-electron chi connectivity index (χ0n) is 12.0. The van der Waals surface area contributed by atoms with Crippen LogP contribution in [0.25, 0.3) is 0 Å². The summed E-state index contributed by atoms with van der Waals surface area (Å²) in [5.74, 6) is -1.74. The molecule has 4 nitrogen and oxygen atoms in total. The number of ether oxygens (including phenoxy) is 1. The summed E-state index contributed by atoms with van der Waals surface area (Å²) in [6.45, 7) is 3.78. The molecule has 1 aromatic carbocycles. The summed E-state index contributed by atoms with van der Waals surface area (Å²) < 4.78 is 31.6. The second-order valence-electron chi connectivity index (χ2n) is 5.16. The van der Waals surface area contributed by atoms with Crippen molar-refractivity contribution in [1.82, 2.24) is 10.6 Å². The first-order valence-electron chi connectivity index (χ1n) is 7.14. The second kappa shape index (κ2) is 7.47. The topological polar surface area (TPSA) is 50.4 Å². The fourth-order valence-corrected chi connectivity index (χ4v) is 2.32. The van der Waals surface area contributed by atoms with E-state index in [1.54, 1.807) is 0 Å². The summed E-state index contributed by atoms with van der Waals surface area (Å²) in [4.78, 5) is 12.1. The zero-order chi connectivity index (χ0) is 15.2. The van der Waals surface area contributed by atoms with Crippen molar-refractivity contribution in [3.8, 4) is 0 Å². The molecular formula is C15H20F2N2O2. The number of carbonyl (C=O) groups is 1. The van der Waals surface area contributed by atoms with Crippen LogP contribution >= 0.6 is 0 Å². The van der Waals surface area contributed by atoms with Crippen LogP contribution in [-0.4, -0.2) is 31.7 Å². The van der Waals surface area contributed by atoms with Gasteiger partial charge >= 0.3 is 0 Å². The Morgan fingerprint density at radius 3 is 2.90 bits per heavy atom. The van der Waals surface area contributed by atoms with E-state index in [2.05, 4.69) is 17.6 Å². The van der Waals surface area contributed by atoms with E-state index < -0.39 is 11.6 Å². The van der Waals surface area contributed by atoms with Crippen molar-refractivity contribution in [3.05, 3.63) is 35.4 Å². The number of carbonyl (C=O) groups excluding carboxylic acids is 1. The van der Waals surface area contributed by atoms with E-state index in [1.807, 2.05) is 0 Å². The molecule has 1 amide bonds. The molecule has 2 rings (SSSR count). The van der Waals surface area contributed by atoms with Gasteiger partial charge in [0.1, 0.15) is 11.6 Å². The molecular weight excluding hydrogens is 278 g/mol. The van der Waals surface area contributed by atoms with Crippen LogP contribution in [-0.2, 0) is 16.1 Å². The number of nitrogens with one attached hydrogen (secondary N) is 2. The molecule has 2 atom stereocenters. The Balaban J connectivity index is 1.88. The van der Waals surface area contributed by atoms with Crippen LogP contribution in [0.2, 0.25) is 0 Å². The number of halogens is 2. The lowest BCUT2D eigenvalue weighted by Crippen LogP contribution is -2.44. The van der Waals surface area contributed by atoms with Gasteiger partial charge in [0.05, 0.1) is 19.1 Å². The van der Waals surface area contributed by atoms with Gasteiger partial charge in [-0.1, -0.05) is 13.0 Å². The van der Waals surface area contributed by atoms with E-state index in [4.69, 9.17) is 4.74 Å². The molecule has 21 heavy (non-hydrogen) atoms. The van der Waals surface area contributed by atoms with Crippen LogP contribution in [0.1, 0.15) is 18.9 Å². The SMILES string of the molecule is CCCNC1COCC1C(=O)NCc1ccc(F)cc1F. The number of hydrogen-bond acceptors (Lipinski definition) is 3. The average molecular weight is 298 g/mol. The molecule has 1 heterocycles. The summed E-state index contributed by atoms with van der Waals surface area (Å²) in [7, 11) is 0. The Morgan fingerprint density at radius 2 is 2.19 bits per heavy atom. The van der Waals surface area contributed by atoms with E-state index >= 15 is 0 Å². The maximum absolute atomic E-state index is 13.5. The predicted octanol–water partition coefficient (Wildman–Crippen LogP) is 1.60. The molecule has 6 heteroatoms. The average Bonchev–Trinajstić information content (AvgIpc) is 2.92. The molecule has 0 aromatic heterocycles. The third-order valence-corrected chi connectivity index (χ3v) is 3.54. The highest BCUT2D eigenvalue weighted by Gasteiger charge is 2.33. The lowest BCUT2D eigenvalue weighted by molar-refractivity contribution is -0.125. The van der Waals surface area contributed by atoms with Gasteiger partial charge in [0.2, 0.25) is 5.91 Å². The third kappa shape index (κ3) is 4.22. The summed E-state index contributed by atoms with van der Waals surface area (Å²) in [5.41, 5.74) is 0.265. The van der Waals surface area contributed by atoms with Crippen LogP contribution in [0.15, 0.2) is 18.2 Å². The molecule has 0 radical (unpaired) electrons. The van der Waals surface area contributed by atoms with Crippen molar-refractivity contribution in [2.75, 3.05) is 19.8 Å². The van der Waals surface area contributed by atoms with Crippen LogP contribution in [0.5, 0.6) is 0 Å². The Bertz CT molecular complexity index is 497. The number of rotatable bonds is 6. The molecule has 1 aliphatic heterocycles. The van der Waals surface area contributed by atoms with Crippen molar-refractivity contribution in [1.29, 1.82) is 0 Å². The molecule has 116 valence electrons. The van der Waals surface area contributed by atoms with Crippen LogP contribution in [0, 0.1) is 17.6 Å². The third-order valence-electron chi connectivity index (χ3n) is 3.54. The smallest absolute Gasteiger partial charge is 0.227 e. The fraction of sp³-hybridized carbons (Fsp3) is 0.533. The first kappa shape index (κ1) is 15.9. The van der Waals surface area contributed by atoms with E-state index in [0.717, 1.165) is 19.0 Å². The number of hydrogen-bond donors (Lipinski definition) is 2. The van der Waals surface area contributed by atoms with E-state index in [-0.39, 0.29) is 30.0 Å². The Hall–Kier alpha value is -1.53. The first-order chi connectivity index (χ1) is 10.1. The molecule has 2 unspecified atom stereocenters. The molecule has 0 saturated carbocycles. The van der Waals surface area contributed by atoms with Gasteiger partial charge in [-0.05, 0) is 19.0 Å². The summed E-state index contributed by atoms with van der Waals surface area (Å²) in [6, 6.07) is 3.31. The quantitative estimate of drug-likeness (QED) is 0.838. The molecule has 1 aromatic rings. The first-order valence-corrected chi connectivity index (χ1v) is 7.14. The summed E-state index contributed by atoms with van der Waals surface area (Å²) in [6.07, 6.45) is 0.978. The lowest BCUT2D eigenvalue weighted by atomic mass is 10.0. The largest absolute Gasteiger partial charge is 0.379 e. The second-order valence-corrected chi connectivity index (χ2v) is 5.16. The van der Waals surface area contributed by atoms with Gasteiger partial charge in [-0.25, -0.2) is 8.78 Å². The molecule has 0 bridgehead atoms. The minimum absolute atomic E-state index is 0.0111. The van der Waals surface area contributed by atoms with Crippen molar-refractivity contribution in [2.45, 2.75) is 25.9 Å². The summed E-state index contributed by atoms with van der Waals surface area (Å²) in [5, 5.41) is 5.96. The minimum atomic E-state index is -0.654. The van der Waals surface area contributed by atoms with Crippen molar-refractivity contribution < 1.29 is 18.3 Å². The van der Waals surface area contributed by atoms with Gasteiger partial charge in [-0.15, -0.1) is 0 Å². The Labute approximate surface area is 122 Å². The maximum Gasteiger partial charge on any atom is 0.227 e. The van der Waals surface area contributed by atoms with Gasteiger partial charge < -0.3 is 15.4 Å². The molecule has 0 spiro atoms. The van der Waals surface area contributed by atoms with E-state index in [0.29, 0.717) is 13.2 Å². The highest BCUT2D eigenvalue weighted by molar-refractivity contribution is 5.79. The zero-order valence-corrected chi connectivity index (χ0v) is 12.0.